The molecule has 96 valence electrons. The van der Waals surface area contributed by atoms with E-state index in [2.05, 4.69) is 5.16 Å². The van der Waals surface area contributed by atoms with Gasteiger partial charge in [-0.05, 0) is 30.0 Å². The molecule has 0 saturated heterocycles. The number of nitrogens with zero attached hydrogens (tertiary/aromatic N) is 1. The Morgan fingerprint density at radius 2 is 2.11 bits per heavy atom. The highest BCUT2D eigenvalue weighted by molar-refractivity contribution is 7.13. The van der Waals surface area contributed by atoms with Crippen LogP contribution in [0.5, 0.6) is 0 Å². The predicted octanol–water partition coefficient (Wildman–Crippen LogP) is 4.10. The Balaban J connectivity index is 2.25. The Labute approximate surface area is 113 Å². The maximum Gasteiger partial charge on any atom is 0.180 e. The van der Waals surface area contributed by atoms with Gasteiger partial charge in [-0.3, -0.25) is 0 Å². The summed E-state index contributed by atoms with van der Waals surface area (Å²) >= 11 is 1.51. The van der Waals surface area contributed by atoms with Crippen molar-refractivity contribution in [3.05, 3.63) is 47.1 Å². The van der Waals surface area contributed by atoms with Crippen LogP contribution in [0.15, 0.2) is 40.2 Å². The van der Waals surface area contributed by atoms with Crippen LogP contribution in [-0.2, 0) is 0 Å². The van der Waals surface area contributed by atoms with E-state index in [1.165, 1.54) is 11.3 Å². The molecule has 5 heteroatoms. The third-order valence-corrected chi connectivity index (χ3v) is 3.81. The second kappa shape index (κ2) is 4.51. The van der Waals surface area contributed by atoms with E-state index in [9.17, 15) is 4.39 Å². The Hall–Kier alpha value is -2.14. The fourth-order valence-electron chi connectivity index (χ4n) is 1.97. The number of hydrogen-bond donors (Lipinski definition) is 1. The molecule has 2 N–H and O–H groups in total. The molecule has 3 rings (SSSR count). The molecule has 0 aliphatic rings. The van der Waals surface area contributed by atoms with Crippen molar-refractivity contribution in [2.24, 2.45) is 0 Å². The van der Waals surface area contributed by atoms with E-state index in [1.54, 1.807) is 25.1 Å². The van der Waals surface area contributed by atoms with Gasteiger partial charge in [-0.25, -0.2) is 4.39 Å². The minimum atomic E-state index is -0.309. The van der Waals surface area contributed by atoms with Gasteiger partial charge in [0.25, 0.3) is 0 Å². The highest BCUT2D eigenvalue weighted by Crippen LogP contribution is 2.39. The zero-order valence-corrected chi connectivity index (χ0v) is 11.0. The molecule has 0 radical (unpaired) electrons. The molecule has 0 aliphatic carbocycles. The van der Waals surface area contributed by atoms with Crippen LogP contribution in [0.3, 0.4) is 0 Å². The molecule has 2 aromatic heterocycles. The molecule has 19 heavy (non-hydrogen) atoms. The highest BCUT2D eigenvalue weighted by Gasteiger charge is 2.21. The van der Waals surface area contributed by atoms with Gasteiger partial charge in [0, 0.05) is 4.88 Å². The van der Waals surface area contributed by atoms with Gasteiger partial charge < -0.3 is 10.3 Å². The van der Waals surface area contributed by atoms with Crippen molar-refractivity contribution < 1.29 is 8.91 Å². The number of nitrogen functional groups attached to an aromatic ring is 1. The fourth-order valence-corrected chi connectivity index (χ4v) is 2.74. The van der Waals surface area contributed by atoms with Crippen LogP contribution in [0.25, 0.3) is 21.8 Å². The van der Waals surface area contributed by atoms with Crippen molar-refractivity contribution in [3.63, 3.8) is 0 Å². The van der Waals surface area contributed by atoms with Gasteiger partial charge in [-0.15, -0.1) is 11.3 Å². The number of aryl methyl sites for hydroxylation is 1. The number of hydrogen-bond acceptors (Lipinski definition) is 4. The number of benzene rings is 1. The summed E-state index contributed by atoms with van der Waals surface area (Å²) in [7, 11) is 0. The summed E-state index contributed by atoms with van der Waals surface area (Å²) in [5.41, 5.74) is 7.43. The summed E-state index contributed by atoms with van der Waals surface area (Å²) in [6.45, 7) is 1.71. The molecule has 0 aliphatic heterocycles. The lowest BCUT2D eigenvalue weighted by molar-refractivity contribution is 0.433. The Kier molecular flexibility index (Phi) is 2.83. The fraction of sp³-hybridized carbons (Fsp3) is 0.0714. The van der Waals surface area contributed by atoms with Gasteiger partial charge >= 0.3 is 0 Å². The summed E-state index contributed by atoms with van der Waals surface area (Å²) in [4.78, 5) is 0.912. The third kappa shape index (κ3) is 1.92. The average molecular weight is 274 g/mol. The first-order chi connectivity index (χ1) is 9.18. The first kappa shape index (κ1) is 11.9. The largest absolute Gasteiger partial charge is 0.380 e. The smallest absolute Gasteiger partial charge is 0.180 e. The van der Waals surface area contributed by atoms with Crippen molar-refractivity contribution in [3.8, 4) is 21.8 Å². The van der Waals surface area contributed by atoms with E-state index < -0.39 is 0 Å². The average Bonchev–Trinajstić information content (AvgIpc) is 3.02. The first-order valence-electron chi connectivity index (χ1n) is 5.73. The molecule has 0 bridgehead atoms. The molecular formula is C14H11FN2OS. The van der Waals surface area contributed by atoms with E-state index >= 15 is 0 Å². The molecule has 3 nitrogen and oxygen atoms in total. The van der Waals surface area contributed by atoms with Crippen LogP contribution in [0.4, 0.5) is 10.2 Å². The van der Waals surface area contributed by atoms with Crippen molar-refractivity contribution in [2.45, 2.75) is 6.92 Å². The van der Waals surface area contributed by atoms with Gasteiger partial charge in [0.2, 0.25) is 0 Å². The summed E-state index contributed by atoms with van der Waals surface area (Å²) in [5, 5.41) is 5.69. The molecule has 1 aromatic carbocycles. The zero-order chi connectivity index (χ0) is 13.4. The maximum atomic E-state index is 14.2. The van der Waals surface area contributed by atoms with Crippen molar-refractivity contribution >= 4 is 17.2 Å². The Morgan fingerprint density at radius 1 is 1.26 bits per heavy atom. The lowest BCUT2D eigenvalue weighted by Crippen LogP contribution is -1.90. The van der Waals surface area contributed by atoms with Gasteiger partial charge in [0.1, 0.15) is 5.82 Å². The van der Waals surface area contributed by atoms with Crippen LogP contribution in [-0.4, -0.2) is 5.16 Å². The van der Waals surface area contributed by atoms with Crippen molar-refractivity contribution in [1.82, 2.24) is 5.16 Å². The predicted molar refractivity (Wildman–Crippen MR) is 74.4 cm³/mol. The van der Waals surface area contributed by atoms with Crippen LogP contribution in [0.2, 0.25) is 0 Å². The first-order valence-corrected chi connectivity index (χ1v) is 6.61. The number of nitrogens with two attached hydrogens (primary N) is 1. The standard InChI is InChI=1S/C14H11FN2OS/c1-8-4-2-5-9(12(8)15)13-11(14(16)17-18-13)10-6-3-7-19-10/h2-7H,1H3,(H2,16,17). The van der Waals surface area contributed by atoms with E-state index in [0.717, 1.165) is 4.88 Å². The van der Waals surface area contributed by atoms with Gasteiger partial charge in [-0.2, -0.15) is 0 Å². The molecular weight excluding hydrogens is 263 g/mol. The van der Waals surface area contributed by atoms with Crippen LogP contribution >= 0.6 is 11.3 Å². The number of thiophene rings is 1. The van der Waals surface area contributed by atoms with Gasteiger partial charge in [0.15, 0.2) is 11.6 Å². The normalized spacial score (nSPS) is 10.8. The van der Waals surface area contributed by atoms with Crippen molar-refractivity contribution in [2.75, 3.05) is 5.73 Å². The molecule has 2 heterocycles. The second-order valence-electron chi connectivity index (χ2n) is 4.19. The molecule has 3 aromatic rings. The quantitative estimate of drug-likeness (QED) is 0.765. The monoisotopic (exact) mass is 274 g/mol. The van der Waals surface area contributed by atoms with Gasteiger partial charge in [0.05, 0.1) is 11.1 Å². The molecule has 0 fully saturated rings. The van der Waals surface area contributed by atoms with E-state index in [1.807, 2.05) is 17.5 Å². The second-order valence-corrected chi connectivity index (χ2v) is 5.13. The van der Waals surface area contributed by atoms with Crippen LogP contribution in [0, 0.1) is 12.7 Å². The molecule has 0 atom stereocenters. The number of aromatic nitrogens is 1. The van der Waals surface area contributed by atoms with E-state index in [-0.39, 0.29) is 11.6 Å². The molecule has 0 amide bonds. The zero-order valence-electron chi connectivity index (χ0n) is 10.2. The summed E-state index contributed by atoms with van der Waals surface area (Å²) in [6.07, 6.45) is 0. The van der Waals surface area contributed by atoms with Crippen molar-refractivity contribution in [1.29, 1.82) is 0 Å². The molecule has 0 unspecified atom stereocenters. The molecule has 0 spiro atoms. The third-order valence-electron chi connectivity index (χ3n) is 2.92. The van der Waals surface area contributed by atoms with Crippen LogP contribution < -0.4 is 5.73 Å². The maximum absolute atomic E-state index is 14.2. The highest BCUT2D eigenvalue weighted by atomic mass is 32.1. The Morgan fingerprint density at radius 3 is 2.84 bits per heavy atom. The minimum Gasteiger partial charge on any atom is -0.380 e. The summed E-state index contributed by atoms with van der Waals surface area (Å²) in [5.74, 6) is 0.343. The van der Waals surface area contributed by atoms with Crippen LogP contribution in [0.1, 0.15) is 5.56 Å². The lowest BCUT2D eigenvalue weighted by atomic mass is 10.0. The minimum absolute atomic E-state index is 0.276. The van der Waals surface area contributed by atoms with E-state index in [0.29, 0.717) is 22.5 Å². The summed E-state index contributed by atoms with van der Waals surface area (Å²) in [6, 6.07) is 8.97. The SMILES string of the molecule is Cc1cccc(-c2onc(N)c2-c2cccs2)c1F. The topological polar surface area (TPSA) is 52.0 Å². The van der Waals surface area contributed by atoms with Gasteiger partial charge in [-0.1, -0.05) is 23.4 Å². The Bertz CT molecular complexity index is 719. The lowest BCUT2D eigenvalue weighted by Gasteiger charge is -2.04. The number of halogens is 1. The summed E-state index contributed by atoms with van der Waals surface area (Å²) < 4.78 is 19.4. The van der Waals surface area contributed by atoms with E-state index in [4.69, 9.17) is 10.3 Å². The molecule has 0 saturated carbocycles. The number of anilines is 1. The number of rotatable bonds is 2.